The molecule has 0 radical (unpaired) electrons. The second-order valence-electron chi connectivity index (χ2n) is 7.34. The zero-order chi connectivity index (χ0) is 18.9. The SMILES string of the molecule is COc1cccc(-c2ccc(C(=O)N3CCC4(C=C(C)CCO4)CC3)o2)c1. The lowest BCUT2D eigenvalue weighted by Gasteiger charge is -2.41. The van der Waals surface area contributed by atoms with Crippen LogP contribution in [0.3, 0.4) is 0 Å². The second-order valence-corrected chi connectivity index (χ2v) is 7.34. The van der Waals surface area contributed by atoms with Crippen LogP contribution in [0.4, 0.5) is 0 Å². The number of benzene rings is 1. The lowest BCUT2D eigenvalue weighted by atomic mass is 9.87. The van der Waals surface area contributed by atoms with Crippen molar-refractivity contribution in [2.24, 2.45) is 0 Å². The Morgan fingerprint density at radius 1 is 1.19 bits per heavy atom. The normalized spacial score (nSPS) is 19.0. The first-order valence-electron chi connectivity index (χ1n) is 9.44. The van der Waals surface area contributed by atoms with Crippen LogP contribution in [-0.4, -0.2) is 43.2 Å². The van der Waals surface area contributed by atoms with Crippen molar-refractivity contribution in [3.8, 4) is 17.1 Å². The van der Waals surface area contributed by atoms with Gasteiger partial charge in [0.1, 0.15) is 11.5 Å². The number of hydrogen-bond donors (Lipinski definition) is 0. The predicted molar refractivity (Wildman–Crippen MR) is 103 cm³/mol. The van der Waals surface area contributed by atoms with Crippen LogP contribution in [0.5, 0.6) is 5.75 Å². The van der Waals surface area contributed by atoms with Gasteiger partial charge in [-0.3, -0.25) is 4.79 Å². The fourth-order valence-corrected chi connectivity index (χ4v) is 3.90. The number of ether oxygens (including phenoxy) is 2. The van der Waals surface area contributed by atoms with E-state index in [1.807, 2.05) is 35.2 Å². The molecule has 2 aliphatic rings. The van der Waals surface area contributed by atoms with Gasteiger partial charge in [-0.05, 0) is 50.5 Å². The first-order valence-corrected chi connectivity index (χ1v) is 9.44. The van der Waals surface area contributed by atoms with Crippen LogP contribution >= 0.6 is 0 Å². The summed E-state index contributed by atoms with van der Waals surface area (Å²) in [4.78, 5) is 14.7. The Kier molecular flexibility index (Phi) is 4.79. The molecule has 27 heavy (non-hydrogen) atoms. The van der Waals surface area contributed by atoms with Gasteiger partial charge >= 0.3 is 0 Å². The smallest absolute Gasteiger partial charge is 0.289 e. The predicted octanol–water partition coefficient (Wildman–Crippen LogP) is 4.30. The number of carbonyl (C=O) groups excluding carboxylic acids is 1. The molecular formula is C22H25NO4. The van der Waals surface area contributed by atoms with Crippen molar-refractivity contribution in [3.05, 3.63) is 53.8 Å². The summed E-state index contributed by atoms with van der Waals surface area (Å²) in [7, 11) is 1.63. The highest BCUT2D eigenvalue weighted by Crippen LogP contribution is 2.34. The number of carbonyl (C=O) groups is 1. The molecule has 0 saturated carbocycles. The number of furan rings is 1. The van der Waals surface area contributed by atoms with Crippen LogP contribution in [0.2, 0.25) is 0 Å². The van der Waals surface area contributed by atoms with Gasteiger partial charge in [-0.2, -0.15) is 0 Å². The molecule has 0 unspecified atom stereocenters. The molecule has 3 heterocycles. The summed E-state index contributed by atoms with van der Waals surface area (Å²) in [5.74, 6) is 1.74. The molecule has 0 atom stereocenters. The number of methoxy groups -OCH3 is 1. The van der Waals surface area contributed by atoms with E-state index in [9.17, 15) is 4.79 Å². The zero-order valence-corrected chi connectivity index (χ0v) is 15.9. The third kappa shape index (κ3) is 3.65. The van der Waals surface area contributed by atoms with Crippen LogP contribution in [0, 0.1) is 0 Å². The van der Waals surface area contributed by atoms with Crippen molar-refractivity contribution in [1.29, 1.82) is 0 Å². The van der Waals surface area contributed by atoms with E-state index >= 15 is 0 Å². The first-order chi connectivity index (χ1) is 13.1. The fraction of sp³-hybridized carbons (Fsp3) is 0.409. The summed E-state index contributed by atoms with van der Waals surface area (Å²) in [6, 6.07) is 11.2. The monoisotopic (exact) mass is 367 g/mol. The van der Waals surface area contributed by atoms with E-state index in [0.717, 1.165) is 37.2 Å². The molecule has 1 amide bonds. The Morgan fingerprint density at radius 2 is 2.00 bits per heavy atom. The summed E-state index contributed by atoms with van der Waals surface area (Å²) in [5.41, 5.74) is 2.09. The highest BCUT2D eigenvalue weighted by Gasteiger charge is 2.37. The van der Waals surface area contributed by atoms with Gasteiger partial charge in [0, 0.05) is 18.7 Å². The summed E-state index contributed by atoms with van der Waals surface area (Å²) in [6.07, 6.45) is 4.93. The Balaban J connectivity index is 1.45. The third-order valence-corrected chi connectivity index (χ3v) is 5.46. The zero-order valence-electron chi connectivity index (χ0n) is 15.9. The maximum Gasteiger partial charge on any atom is 0.289 e. The minimum atomic E-state index is -0.186. The largest absolute Gasteiger partial charge is 0.497 e. The van der Waals surface area contributed by atoms with Crippen LogP contribution in [-0.2, 0) is 4.74 Å². The van der Waals surface area contributed by atoms with Gasteiger partial charge < -0.3 is 18.8 Å². The highest BCUT2D eigenvalue weighted by molar-refractivity contribution is 5.92. The van der Waals surface area contributed by atoms with Gasteiger partial charge in [0.25, 0.3) is 5.91 Å². The van der Waals surface area contributed by atoms with E-state index in [2.05, 4.69) is 13.0 Å². The molecular weight excluding hydrogens is 342 g/mol. The van der Waals surface area contributed by atoms with Gasteiger partial charge in [-0.25, -0.2) is 0 Å². The van der Waals surface area contributed by atoms with Gasteiger partial charge in [0.2, 0.25) is 0 Å². The number of likely N-dealkylation sites (tertiary alicyclic amines) is 1. The topological polar surface area (TPSA) is 51.9 Å². The summed E-state index contributed by atoms with van der Waals surface area (Å²) >= 11 is 0. The van der Waals surface area contributed by atoms with Crippen LogP contribution in [0.15, 0.2) is 52.5 Å². The minimum absolute atomic E-state index is 0.0597. The van der Waals surface area contributed by atoms with E-state index in [4.69, 9.17) is 13.9 Å². The van der Waals surface area contributed by atoms with Gasteiger partial charge in [-0.15, -0.1) is 0 Å². The lowest BCUT2D eigenvalue weighted by Crippen LogP contribution is -2.48. The van der Waals surface area contributed by atoms with E-state index in [1.54, 1.807) is 13.2 Å². The van der Waals surface area contributed by atoms with Crippen molar-refractivity contribution < 1.29 is 18.7 Å². The summed E-state index contributed by atoms with van der Waals surface area (Å²) in [6.45, 7) is 4.29. The molecule has 1 aromatic heterocycles. The molecule has 5 nitrogen and oxygen atoms in total. The van der Waals surface area contributed by atoms with Crippen LogP contribution in [0.1, 0.15) is 36.7 Å². The molecule has 1 spiro atoms. The number of piperidine rings is 1. The van der Waals surface area contributed by atoms with Crippen molar-refractivity contribution >= 4 is 5.91 Å². The highest BCUT2D eigenvalue weighted by atomic mass is 16.5. The maximum atomic E-state index is 12.9. The number of amides is 1. The van der Waals surface area contributed by atoms with E-state index < -0.39 is 0 Å². The Hall–Kier alpha value is -2.53. The summed E-state index contributed by atoms with van der Waals surface area (Å²) in [5, 5.41) is 0. The maximum absolute atomic E-state index is 12.9. The van der Waals surface area contributed by atoms with Crippen molar-refractivity contribution in [1.82, 2.24) is 4.90 Å². The van der Waals surface area contributed by atoms with E-state index in [1.165, 1.54) is 5.57 Å². The lowest BCUT2D eigenvalue weighted by molar-refractivity contribution is -0.0525. The molecule has 0 aliphatic carbocycles. The molecule has 0 N–H and O–H groups in total. The molecule has 142 valence electrons. The standard InChI is InChI=1S/C22H25NO4/c1-16-8-13-26-22(15-16)9-11-23(12-10-22)21(24)20-7-6-19(27-20)17-4-3-5-18(14-17)25-2/h3-7,14-15H,8-13H2,1-2H3. The van der Waals surface area contributed by atoms with E-state index in [0.29, 0.717) is 24.6 Å². The Labute approximate surface area is 159 Å². The molecule has 4 rings (SSSR count). The van der Waals surface area contributed by atoms with E-state index in [-0.39, 0.29) is 11.5 Å². The Morgan fingerprint density at radius 3 is 2.74 bits per heavy atom. The minimum Gasteiger partial charge on any atom is -0.497 e. The number of hydrogen-bond acceptors (Lipinski definition) is 4. The van der Waals surface area contributed by atoms with Gasteiger partial charge in [-0.1, -0.05) is 23.8 Å². The Bertz CT molecular complexity index is 859. The molecule has 1 aromatic carbocycles. The summed E-state index contributed by atoms with van der Waals surface area (Å²) < 4.78 is 17.1. The van der Waals surface area contributed by atoms with Crippen molar-refractivity contribution in [2.45, 2.75) is 31.8 Å². The quantitative estimate of drug-likeness (QED) is 0.759. The van der Waals surface area contributed by atoms with Crippen LogP contribution < -0.4 is 4.74 Å². The van der Waals surface area contributed by atoms with Gasteiger partial charge in [0.15, 0.2) is 5.76 Å². The molecule has 2 aliphatic heterocycles. The average Bonchev–Trinajstić information content (AvgIpc) is 3.18. The first kappa shape index (κ1) is 17.9. The fourth-order valence-electron chi connectivity index (χ4n) is 3.90. The molecule has 0 bridgehead atoms. The molecule has 5 heteroatoms. The van der Waals surface area contributed by atoms with Crippen molar-refractivity contribution in [2.75, 3.05) is 26.8 Å². The van der Waals surface area contributed by atoms with Gasteiger partial charge in [0.05, 0.1) is 19.3 Å². The molecule has 1 fully saturated rings. The molecule has 1 saturated heterocycles. The third-order valence-electron chi connectivity index (χ3n) is 5.46. The van der Waals surface area contributed by atoms with Crippen LogP contribution in [0.25, 0.3) is 11.3 Å². The number of nitrogens with zero attached hydrogens (tertiary/aromatic N) is 1. The van der Waals surface area contributed by atoms with Crippen molar-refractivity contribution in [3.63, 3.8) is 0 Å². The average molecular weight is 367 g/mol. The second kappa shape index (κ2) is 7.24. The number of rotatable bonds is 3. The molecule has 2 aromatic rings.